The van der Waals surface area contributed by atoms with E-state index >= 15 is 0 Å². The van der Waals surface area contributed by atoms with Crippen molar-refractivity contribution in [2.75, 3.05) is 4.90 Å². The summed E-state index contributed by atoms with van der Waals surface area (Å²) in [6.45, 7) is 3.04. The molecule has 98 valence electrons. The van der Waals surface area contributed by atoms with Crippen LogP contribution < -0.4 is 4.90 Å². The number of aromatic hydroxyl groups is 1. The third-order valence-electron chi connectivity index (χ3n) is 3.39. The van der Waals surface area contributed by atoms with E-state index in [1.165, 1.54) is 0 Å². The Labute approximate surface area is 121 Å². The van der Waals surface area contributed by atoms with E-state index in [4.69, 9.17) is 23.2 Å². The lowest BCUT2D eigenvalue weighted by atomic mass is 10.1. The molecular weight excluding hydrogens is 283 g/mol. The monoisotopic (exact) mass is 294 g/mol. The van der Waals surface area contributed by atoms with Gasteiger partial charge >= 0.3 is 0 Å². The molecule has 1 N–H and O–H groups in total. The Kier molecular flexibility index (Phi) is 3.03. The zero-order valence-electron chi connectivity index (χ0n) is 10.3. The number of nitrogens with zero attached hydrogens (tertiary/aromatic N) is 2. The summed E-state index contributed by atoms with van der Waals surface area (Å²) in [6, 6.07) is 5.45. The molecule has 19 heavy (non-hydrogen) atoms. The Morgan fingerprint density at radius 3 is 2.58 bits per heavy atom. The minimum absolute atomic E-state index is 0.267. The van der Waals surface area contributed by atoms with Crippen LogP contribution in [0.5, 0.6) is 5.75 Å². The van der Waals surface area contributed by atoms with Crippen LogP contribution in [0.15, 0.2) is 24.4 Å². The number of anilines is 1. The number of rotatable bonds is 1. The lowest BCUT2D eigenvalue weighted by Crippen LogP contribution is -2.15. The standard InChI is InChI=1S/C14H12Cl2N2O/c1-8-14(19)10-7-18(6-9(10)5-17-8)13-11(15)3-2-4-12(13)16/h2-5,19H,6-7H2,1H3. The molecule has 1 aliphatic heterocycles. The quantitative estimate of drug-likeness (QED) is 0.866. The Hall–Kier alpha value is -1.45. The van der Waals surface area contributed by atoms with Gasteiger partial charge in [-0.15, -0.1) is 0 Å². The van der Waals surface area contributed by atoms with E-state index < -0.39 is 0 Å². The molecule has 0 fully saturated rings. The van der Waals surface area contributed by atoms with Crippen molar-refractivity contribution >= 4 is 28.9 Å². The number of aryl methyl sites for hydroxylation is 1. The van der Waals surface area contributed by atoms with Crippen LogP contribution in [0.25, 0.3) is 0 Å². The number of hydrogen-bond donors (Lipinski definition) is 1. The van der Waals surface area contributed by atoms with Crippen molar-refractivity contribution in [3.8, 4) is 5.75 Å². The first-order valence-corrected chi connectivity index (χ1v) is 6.69. The fourth-order valence-corrected chi connectivity index (χ4v) is 3.04. The summed E-state index contributed by atoms with van der Waals surface area (Å²) in [5, 5.41) is 11.3. The van der Waals surface area contributed by atoms with Gasteiger partial charge in [-0.2, -0.15) is 0 Å². The molecular formula is C14H12Cl2N2O. The number of pyridine rings is 1. The molecule has 5 heteroatoms. The summed E-state index contributed by atoms with van der Waals surface area (Å²) >= 11 is 12.4. The van der Waals surface area contributed by atoms with Crippen molar-refractivity contribution in [3.05, 3.63) is 51.3 Å². The van der Waals surface area contributed by atoms with E-state index in [1.54, 1.807) is 13.1 Å². The van der Waals surface area contributed by atoms with Gasteiger partial charge < -0.3 is 10.0 Å². The van der Waals surface area contributed by atoms with Crippen molar-refractivity contribution < 1.29 is 5.11 Å². The third-order valence-corrected chi connectivity index (χ3v) is 4.00. The summed E-state index contributed by atoms with van der Waals surface area (Å²) in [5.74, 6) is 0.267. The van der Waals surface area contributed by atoms with Gasteiger partial charge in [-0.05, 0) is 24.6 Å². The van der Waals surface area contributed by atoms with Crippen LogP contribution in [-0.2, 0) is 13.1 Å². The first-order valence-electron chi connectivity index (χ1n) is 5.93. The largest absolute Gasteiger partial charge is 0.506 e. The smallest absolute Gasteiger partial charge is 0.142 e. The predicted octanol–water partition coefficient (Wildman–Crippen LogP) is 3.92. The Morgan fingerprint density at radius 1 is 1.21 bits per heavy atom. The highest BCUT2D eigenvalue weighted by atomic mass is 35.5. The average Bonchev–Trinajstić information content (AvgIpc) is 2.78. The Bertz CT molecular complexity index is 638. The number of benzene rings is 1. The second-order valence-corrected chi connectivity index (χ2v) is 5.44. The van der Waals surface area contributed by atoms with Gasteiger partial charge in [0.25, 0.3) is 0 Å². The van der Waals surface area contributed by atoms with E-state index in [0.717, 1.165) is 16.8 Å². The van der Waals surface area contributed by atoms with Gasteiger partial charge in [0.05, 0.1) is 21.4 Å². The molecule has 2 heterocycles. The summed E-state index contributed by atoms with van der Waals surface area (Å²) in [5.41, 5.74) is 3.37. The molecule has 0 spiro atoms. The lowest BCUT2D eigenvalue weighted by molar-refractivity contribution is 0.461. The highest BCUT2D eigenvalue weighted by Crippen LogP contribution is 2.40. The molecule has 0 atom stereocenters. The molecule has 1 aromatic carbocycles. The maximum atomic E-state index is 10.1. The first-order chi connectivity index (χ1) is 9.08. The highest BCUT2D eigenvalue weighted by Gasteiger charge is 2.26. The summed E-state index contributed by atoms with van der Waals surface area (Å²) in [6.07, 6.45) is 1.80. The van der Waals surface area contributed by atoms with Crippen molar-refractivity contribution in [1.29, 1.82) is 0 Å². The van der Waals surface area contributed by atoms with Gasteiger partial charge in [0.1, 0.15) is 5.75 Å². The molecule has 3 nitrogen and oxygen atoms in total. The highest BCUT2D eigenvalue weighted by molar-refractivity contribution is 6.39. The fraction of sp³-hybridized carbons (Fsp3) is 0.214. The second kappa shape index (κ2) is 4.58. The predicted molar refractivity (Wildman–Crippen MR) is 77.0 cm³/mol. The second-order valence-electron chi connectivity index (χ2n) is 4.62. The molecule has 2 aromatic rings. The van der Waals surface area contributed by atoms with Gasteiger partial charge in [-0.25, -0.2) is 0 Å². The third kappa shape index (κ3) is 2.03. The molecule has 0 amide bonds. The fourth-order valence-electron chi connectivity index (χ4n) is 2.40. The zero-order valence-corrected chi connectivity index (χ0v) is 11.8. The van der Waals surface area contributed by atoms with Crippen LogP contribution in [0.1, 0.15) is 16.8 Å². The van der Waals surface area contributed by atoms with Gasteiger partial charge in [0.2, 0.25) is 0 Å². The minimum Gasteiger partial charge on any atom is -0.506 e. The van der Waals surface area contributed by atoms with Crippen LogP contribution in [0.2, 0.25) is 10.0 Å². The Balaban J connectivity index is 2.03. The lowest BCUT2D eigenvalue weighted by Gasteiger charge is -2.20. The Morgan fingerprint density at radius 2 is 1.89 bits per heavy atom. The van der Waals surface area contributed by atoms with Gasteiger partial charge in [-0.1, -0.05) is 29.3 Å². The summed E-state index contributed by atoms with van der Waals surface area (Å²) < 4.78 is 0. The number of fused-ring (bicyclic) bond motifs is 1. The number of hydrogen-bond acceptors (Lipinski definition) is 3. The van der Waals surface area contributed by atoms with E-state index in [9.17, 15) is 5.11 Å². The summed E-state index contributed by atoms with van der Waals surface area (Å²) in [7, 11) is 0. The zero-order chi connectivity index (χ0) is 13.6. The molecule has 3 rings (SSSR count). The number of aromatic nitrogens is 1. The van der Waals surface area contributed by atoms with Crippen LogP contribution in [0, 0.1) is 6.92 Å². The maximum Gasteiger partial charge on any atom is 0.142 e. The van der Waals surface area contributed by atoms with Crippen LogP contribution >= 0.6 is 23.2 Å². The molecule has 0 saturated carbocycles. The molecule has 0 saturated heterocycles. The van der Waals surface area contributed by atoms with Crippen LogP contribution in [0.3, 0.4) is 0 Å². The van der Waals surface area contributed by atoms with E-state index in [2.05, 4.69) is 9.88 Å². The molecule has 0 aliphatic carbocycles. The van der Waals surface area contributed by atoms with E-state index in [-0.39, 0.29) is 5.75 Å². The molecule has 0 bridgehead atoms. The van der Waals surface area contributed by atoms with E-state index in [0.29, 0.717) is 28.8 Å². The SMILES string of the molecule is Cc1ncc2c(c1O)CN(c1c(Cl)cccc1Cl)C2. The molecule has 1 aromatic heterocycles. The molecule has 0 unspecified atom stereocenters. The van der Waals surface area contributed by atoms with Crippen molar-refractivity contribution in [2.24, 2.45) is 0 Å². The van der Waals surface area contributed by atoms with Crippen LogP contribution in [-0.4, -0.2) is 10.1 Å². The molecule has 1 aliphatic rings. The van der Waals surface area contributed by atoms with Crippen molar-refractivity contribution in [2.45, 2.75) is 20.0 Å². The molecule has 0 radical (unpaired) electrons. The van der Waals surface area contributed by atoms with Gasteiger partial charge in [0, 0.05) is 24.8 Å². The first kappa shape index (κ1) is 12.6. The van der Waals surface area contributed by atoms with Gasteiger partial charge in [-0.3, -0.25) is 4.98 Å². The minimum atomic E-state index is 0.267. The average molecular weight is 295 g/mol. The number of para-hydroxylation sites is 1. The topological polar surface area (TPSA) is 36.4 Å². The number of halogens is 2. The summed E-state index contributed by atoms with van der Waals surface area (Å²) in [4.78, 5) is 6.23. The van der Waals surface area contributed by atoms with Crippen LogP contribution in [0.4, 0.5) is 5.69 Å². The normalized spacial score (nSPS) is 13.7. The maximum absolute atomic E-state index is 10.1. The van der Waals surface area contributed by atoms with E-state index in [1.807, 2.05) is 18.2 Å². The van der Waals surface area contributed by atoms with Crippen molar-refractivity contribution in [3.63, 3.8) is 0 Å². The van der Waals surface area contributed by atoms with Crippen molar-refractivity contribution in [1.82, 2.24) is 4.98 Å². The van der Waals surface area contributed by atoms with Gasteiger partial charge in [0.15, 0.2) is 0 Å².